The van der Waals surface area contributed by atoms with Crippen molar-refractivity contribution in [2.45, 2.75) is 63.7 Å². The van der Waals surface area contributed by atoms with Gasteiger partial charge in [-0.1, -0.05) is 5.16 Å². The molecular formula is C13H19NO5. The zero-order valence-electron chi connectivity index (χ0n) is 11.6. The minimum atomic E-state index is -0.617. The van der Waals surface area contributed by atoms with Crippen molar-refractivity contribution in [2.75, 3.05) is 6.61 Å². The van der Waals surface area contributed by atoms with Gasteiger partial charge in [-0.3, -0.25) is 0 Å². The van der Waals surface area contributed by atoms with Gasteiger partial charge in [0.25, 0.3) is 0 Å². The molecule has 0 saturated carbocycles. The third kappa shape index (κ3) is 1.60. The summed E-state index contributed by atoms with van der Waals surface area (Å²) in [5.41, 5.74) is 0.600. The number of hydrogen-bond donors (Lipinski definition) is 0. The van der Waals surface area contributed by atoms with Gasteiger partial charge in [0.2, 0.25) is 0 Å². The van der Waals surface area contributed by atoms with E-state index in [1.165, 1.54) is 0 Å². The number of nitrogens with zero attached hydrogens (tertiary/aromatic N) is 1. The van der Waals surface area contributed by atoms with Crippen molar-refractivity contribution < 1.29 is 23.8 Å². The number of ether oxygens (including phenoxy) is 4. The van der Waals surface area contributed by atoms with E-state index in [0.29, 0.717) is 6.61 Å². The Kier molecular flexibility index (Phi) is 2.22. The van der Waals surface area contributed by atoms with Gasteiger partial charge in [0.15, 0.2) is 12.1 Å². The largest absolute Gasteiger partial charge is 0.389 e. The molecule has 5 atom stereocenters. The lowest BCUT2D eigenvalue weighted by Gasteiger charge is -2.35. The van der Waals surface area contributed by atoms with Gasteiger partial charge in [0.05, 0.1) is 18.2 Å². The Labute approximate surface area is 112 Å². The van der Waals surface area contributed by atoms with Crippen molar-refractivity contribution in [3.8, 4) is 0 Å². The molecule has 0 amide bonds. The molecule has 0 aromatic rings. The summed E-state index contributed by atoms with van der Waals surface area (Å²) in [5.74, 6) is -0.478. The monoisotopic (exact) mass is 269 g/mol. The van der Waals surface area contributed by atoms with Gasteiger partial charge in [-0.15, -0.1) is 0 Å². The van der Waals surface area contributed by atoms with Crippen molar-refractivity contribution in [2.24, 2.45) is 11.1 Å². The van der Waals surface area contributed by atoms with Gasteiger partial charge >= 0.3 is 0 Å². The molecule has 0 spiro atoms. The normalized spacial score (nSPS) is 49.1. The summed E-state index contributed by atoms with van der Waals surface area (Å²) in [6.45, 7) is 8.39. The second-order valence-electron chi connectivity index (χ2n) is 6.59. The van der Waals surface area contributed by atoms with E-state index in [1.54, 1.807) is 0 Å². The summed E-state index contributed by atoms with van der Waals surface area (Å²) < 4.78 is 23.5. The van der Waals surface area contributed by atoms with Crippen LogP contribution in [0.1, 0.15) is 27.7 Å². The maximum atomic E-state index is 5.97. The van der Waals surface area contributed by atoms with Crippen LogP contribution < -0.4 is 0 Å². The Morgan fingerprint density at radius 3 is 2.68 bits per heavy atom. The molecule has 0 aromatic carbocycles. The highest BCUT2D eigenvalue weighted by Crippen LogP contribution is 2.45. The third-order valence-corrected chi connectivity index (χ3v) is 4.32. The van der Waals surface area contributed by atoms with Crippen molar-refractivity contribution in [1.82, 2.24) is 0 Å². The molecule has 3 fully saturated rings. The second-order valence-corrected chi connectivity index (χ2v) is 6.59. The van der Waals surface area contributed by atoms with Crippen LogP contribution in [0.25, 0.3) is 0 Å². The first-order valence-corrected chi connectivity index (χ1v) is 6.76. The molecule has 106 valence electrons. The van der Waals surface area contributed by atoms with E-state index >= 15 is 0 Å². The molecule has 4 heterocycles. The molecule has 0 aliphatic carbocycles. The Bertz CT molecular complexity index is 446. The predicted molar refractivity (Wildman–Crippen MR) is 64.5 cm³/mol. The van der Waals surface area contributed by atoms with Crippen molar-refractivity contribution in [3.63, 3.8) is 0 Å². The zero-order chi connectivity index (χ0) is 13.4. The number of hydrogen-bond acceptors (Lipinski definition) is 6. The lowest BCUT2D eigenvalue weighted by molar-refractivity contribution is -0.214. The molecule has 3 saturated heterocycles. The van der Waals surface area contributed by atoms with Crippen LogP contribution in [0.15, 0.2) is 5.16 Å². The Morgan fingerprint density at radius 1 is 1.11 bits per heavy atom. The fourth-order valence-electron chi connectivity index (χ4n) is 3.30. The highest BCUT2D eigenvalue weighted by molar-refractivity contribution is 5.94. The molecule has 6 heteroatoms. The van der Waals surface area contributed by atoms with E-state index in [2.05, 4.69) is 5.16 Å². The summed E-state index contributed by atoms with van der Waals surface area (Å²) in [5, 5.41) is 4.22. The highest BCUT2D eigenvalue weighted by atomic mass is 16.8. The van der Waals surface area contributed by atoms with Gasteiger partial charge in [0.1, 0.15) is 23.9 Å². The lowest BCUT2D eigenvalue weighted by Crippen LogP contribution is -2.52. The van der Waals surface area contributed by atoms with Crippen molar-refractivity contribution in [1.29, 1.82) is 0 Å². The topological polar surface area (TPSA) is 58.5 Å². The van der Waals surface area contributed by atoms with Crippen LogP contribution in [0.2, 0.25) is 0 Å². The van der Waals surface area contributed by atoms with E-state index in [0.717, 1.165) is 5.71 Å². The minimum Gasteiger partial charge on any atom is -0.389 e. The maximum absolute atomic E-state index is 5.97. The molecule has 6 nitrogen and oxygen atoms in total. The summed E-state index contributed by atoms with van der Waals surface area (Å²) >= 11 is 0. The molecule has 4 rings (SSSR count). The van der Waals surface area contributed by atoms with Crippen LogP contribution in [-0.4, -0.2) is 48.3 Å². The van der Waals surface area contributed by atoms with E-state index in [9.17, 15) is 0 Å². The Hall–Kier alpha value is -0.690. The second kappa shape index (κ2) is 3.49. The first kappa shape index (κ1) is 12.1. The maximum Gasteiger partial charge on any atom is 0.190 e. The van der Waals surface area contributed by atoms with Crippen molar-refractivity contribution >= 4 is 5.71 Å². The molecule has 19 heavy (non-hydrogen) atoms. The first-order valence-electron chi connectivity index (χ1n) is 6.76. The molecule has 0 bridgehead atoms. The molecule has 4 aliphatic heterocycles. The van der Waals surface area contributed by atoms with Crippen LogP contribution in [0, 0.1) is 5.92 Å². The smallest absolute Gasteiger partial charge is 0.190 e. The highest BCUT2D eigenvalue weighted by Gasteiger charge is 2.62. The van der Waals surface area contributed by atoms with E-state index in [-0.39, 0.29) is 36.1 Å². The predicted octanol–water partition coefficient (Wildman–Crippen LogP) is 1.04. The fourth-order valence-corrected chi connectivity index (χ4v) is 3.30. The van der Waals surface area contributed by atoms with E-state index in [1.807, 2.05) is 27.7 Å². The SMILES string of the molecule is CC1(C)O[C@H]2OC3C4=NOC(C)(C)C4COC3[C@H]2O1. The molecule has 3 unspecified atom stereocenters. The number of fused-ring (bicyclic) bond motifs is 5. The first-order chi connectivity index (χ1) is 8.87. The van der Waals surface area contributed by atoms with Gasteiger partial charge in [0, 0.05) is 0 Å². The summed E-state index contributed by atoms with van der Waals surface area (Å²) in [6.07, 6.45) is -0.937. The van der Waals surface area contributed by atoms with Crippen LogP contribution in [-0.2, 0) is 23.8 Å². The van der Waals surface area contributed by atoms with Crippen LogP contribution >= 0.6 is 0 Å². The molecule has 0 radical (unpaired) electrons. The van der Waals surface area contributed by atoms with Gasteiger partial charge in [-0.25, -0.2) is 0 Å². The average molecular weight is 269 g/mol. The van der Waals surface area contributed by atoms with Crippen molar-refractivity contribution in [3.05, 3.63) is 0 Å². The van der Waals surface area contributed by atoms with Crippen LogP contribution in [0.3, 0.4) is 0 Å². The molecule has 4 aliphatic rings. The number of rotatable bonds is 0. The Morgan fingerprint density at radius 2 is 1.89 bits per heavy atom. The van der Waals surface area contributed by atoms with E-state index < -0.39 is 5.79 Å². The minimum absolute atomic E-state index is 0.139. The molecule has 0 N–H and O–H groups in total. The summed E-state index contributed by atoms with van der Waals surface area (Å²) in [6, 6.07) is 0. The zero-order valence-corrected chi connectivity index (χ0v) is 11.6. The standard InChI is InChI=1S/C13H19NO5/c1-12(2)6-5-15-9-8(7(6)14-19-12)16-11-10(9)17-13(3,4)18-11/h6,8-11H,5H2,1-4H3/t6?,8?,9?,10-,11-/m1/s1. The quantitative estimate of drug-likeness (QED) is 0.657. The van der Waals surface area contributed by atoms with Crippen LogP contribution in [0.5, 0.6) is 0 Å². The summed E-state index contributed by atoms with van der Waals surface area (Å²) in [7, 11) is 0. The third-order valence-electron chi connectivity index (χ3n) is 4.32. The van der Waals surface area contributed by atoms with Crippen LogP contribution in [0.4, 0.5) is 0 Å². The summed E-state index contributed by atoms with van der Waals surface area (Å²) in [4.78, 5) is 5.50. The van der Waals surface area contributed by atoms with Gasteiger partial charge in [-0.2, -0.15) is 0 Å². The number of oxime groups is 1. The Balaban J connectivity index is 1.60. The van der Waals surface area contributed by atoms with Gasteiger partial charge < -0.3 is 23.8 Å². The molecular weight excluding hydrogens is 250 g/mol. The van der Waals surface area contributed by atoms with E-state index in [4.69, 9.17) is 23.8 Å². The fraction of sp³-hybridized carbons (Fsp3) is 0.923. The van der Waals surface area contributed by atoms with Gasteiger partial charge in [-0.05, 0) is 27.7 Å². The average Bonchev–Trinajstić information content (AvgIpc) is 2.87. The molecule has 0 aromatic heterocycles. The lowest BCUT2D eigenvalue weighted by atomic mass is 9.82.